The number of halogens is 1. The molecule has 0 atom stereocenters. The third-order valence-corrected chi connectivity index (χ3v) is 3.15. The van der Waals surface area contributed by atoms with Crippen molar-refractivity contribution in [2.45, 2.75) is 6.92 Å². The van der Waals surface area contributed by atoms with E-state index in [2.05, 4.69) is 9.97 Å². The molecule has 0 saturated heterocycles. The maximum Gasteiger partial charge on any atom is 0.338 e. The molecule has 0 amide bonds. The largest absolute Gasteiger partial charge is 0.480 e. The average Bonchev–Trinajstić information content (AvgIpc) is 2.54. The van der Waals surface area contributed by atoms with Crippen molar-refractivity contribution in [3.8, 4) is 23.0 Å². The van der Waals surface area contributed by atoms with Crippen LogP contribution in [0.4, 0.5) is 0 Å². The lowest BCUT2D eigenvalue weighted by atomic mass is 10.1. The SMILES string of the molecule is CCOC(=O)c1ccc(-c2c(Cl)nc(OC)nc2OC)cc1. The molecule has 7 heteroatoms. The zero-order chi connectivity index (χ0) is 16.1. The van der Waals surface area contributed by atoms with E-state index >= 15 is 0 Å². The van der Waals surface area contributed by atoms with E-state index in [4.69, 9.17) is 25.8 Å². The van der Waals surface area contributed by atoms with Gasteiger partial charge < -0.3 is 14.2 Å². The highest BCUT2D eigenvalue weighted by Crippen LogP contribution is 2.35. The molecule has 1 aromatic heterocycles. The van der Waals surface area contributed by atoms with Crippen LogP contribution in [0.1, 0.15) is 17.3 Å². The second-order valence-corrected chi connectivity index (χ2v) is 4.54. The molecule has 0 aliphatic heterocycles. The third kappa shape index (κ3) is 3.28. The summed E-state index contributed by atoms with van der Waals surface area (Å²) >= 11 is 6.18. The molecule has 0 unspecified atom stereocenters. The first-order chi connectivity index (χ1) is 10.6. The smallest absolute Gasteiger partial charge is 0.338 e. The van der Waals surface area contributed by atoms with Gasteiger partial charge in [-0.1, -0.05) is 23.7 Å². The molecular formula is C15H15ClN2O4. The van der Waals surface area contributed by atoms with Crippen molar-refractivity contribution >= 4 is 17.6 Å². The lowest BCUT2D eigenvalue weighted by Crippen LogP contribution is -2.04. The Bertz CT molecular complexity index is 674. The van der Waals surface area contributed by atoms with Crippen LogP contribution in [0.5, 0.6) is 11.9 Å². The predicted molar refractivity (Wildman–Crippen MR) is 81.5 cm³/mol. The molecule has 0 radical (unpaired) electrons. The van der Waals surface area contributed by atoms with Gasteiger partial charge in [0.15, 0.2) is 0 Å². The minimum atomic E-state index is -0.377. The van der Waals surface area contributed by atoms with Gasteiger partial charge in [0.05, 0.1) is 32.0 Å². The van der Waals surface area contributed by atoms with Crippen LogP contribution in [0, 0.1) is 0 Å². The molecule has 0 N–H and O–H groups in total. The van der Waals surface area contributed by atoms with Gasteiger partial charge in [-0.3, -0.25) is 0 Å². The van der Waals surface area contributed by atoms with Crippen LogP contribution in [-0.2, 0) is 4.74 Å². The van der Waals surface area contributed by atoms with Crippen LogP contribution < -0.4 is 9.47 Å². The first-order valence-electron chi connectivity index (χ1n) is 6.53. The quantitative estimate of drug-likeness (QED) is 0.622. The summed E-state index contributed by atoms with van der Waals surface area (Å²) in [5.41, 5.74) is 1.70. The Hall–Kier alpha value is -2.34. The van der Waals surface area contributed by atoms with Crippen LogP contribution in [0.2, 0.25) is 5.15 Å². The van der Waals surface area contributed by atoms with E-state index in [0.29, 0.717) is 23.6 Å². The summed E-state index contributed by atoms with van der Waals surface area (Å²) in [6.07, 6.45) is 0. The van der Waals surface area contributed by atoms with Gasteiger partial charge in [-0.2, -0.15) is 9.97 Å². The Morgan fingerprint density at radius 2 is 1.82 bits per heavy atom. The molecule has 1 aromatic carbocycles. The Kier molecular flexibility index (Phi) is 5.16. The number of esters is 1. The molecule has 22 heavy (non-hydrogen) atoms. The van der Waals surface area contributed by atoms with Crippen LogP contribution in [0.25, 0.3) is 11.1 Å². The van der Waals surface area contributed by atoms with Crippen molar-refractivity contribution in [3.05, 3.63) is 35.0 Å². The molecular weight excluding hydrogens is 308 g/mol. The number of carbonyl (C=O) groups is 1. The molecule has 2 rings (SSSR count). The molecule has 0 aliphatic rings. The fraction of sp³-hybridized carbons (Fsp3) is 0.267. The third-order valence-electron chi connectivity index (χ3n) is 2.87. The number of benzene rings is 1. The first kappa shape index (κ1) is 16.0. The number of ether oxygens (including phenoxy) is 3. The van der Waals surface area contributed by atoms with Crippen molar-refractivity contribution < 1.29 is 19.0 Å². The van der Waals surface area contributed by atoms with E-state index < -0.39 is 0 Å². The van der Waals surface area contributed by atoms with Gasteiger partial charge in [-0.25, -0.2) is 4.79 Å². The maximum atomic E-state index is 11.7. The number of hydrogen-bond donors (Lipinski definition) is 0. The Balaban J connectivity index is 2.42. The summed E-state index contributed by atoms with van der Waals surface area (Å²) in [6.45, 7) is 2.08. The highest BCUT2D eigenvalue weighted by Gasteiger charge is 2.17. The Morgan fingerprint density at radius 3 is 2.36 bits per heavy atom. The van der Waals surface area contributed by atoms with Gasteiger partial charge in [0.25, 0.3) is 0 Å². The van der Waals surface area contributed by atoms with Crippen molar-refractivity contribution in [2.75, 3.05) is 20.8 Å². The highest BCUT2D eigenvalue weighted by molar-refractivity contribution is 6.32. The Morgan fingerprint density at radius 1 is 1.14 bits per heavy atom. The molecule has 116 valence electrons. The minimum absolute atomic E-state index is 0.119. The molecule has 0 spiro atoms. The number of hydrogen-bond acceptors (Lipinski definition) is 6. The second-order valence-electron chi connectivity index (χ2n) is 4.18. The van der Waals surface area contributed by atoms with Gasteiger partial charge in [0.1, 0.15) is 5.15 Å². The van der Waals surface area contributed by atoms with E-state index in [9.17, 15) is 4.79 Å². The molecule has 0 bridgehead atoms. The molecule has 2 aromatic rings. The van der Waals surface area contributed by atoms with Crippen LogP contribution in [-0.4, -0.2) is 36.8 Å². The topological polar surface area (TPSA) is 70.5 Å². The monoisotopic (exact) mass is 322 g/mol. The number of carbonyl (C=O) groups excluding carboxylic acids is 1. The highest BCUT2D eigenvalue weighted by atomic mass is 35.5. The van der Waals surface area contributed by atoms with Gasteiger partial charge in [-0.05, 0) is 24.6 Å². The number of aromatic nitrogens is 2. The minimum Gasteiger partial charge on any atom is -0.480 e. The van der Waals surface area contributed by atoms with E-state index in [-0.39, 0.29) is 17.1 Å². The molecule has 0 saturated carbocycles. The summed E-state index contributed by atoms with van der Waals surface area (Å²) in [4.78, 5) is 19.8. The van der Waals surface area contributed by atoms with E-state index in [0.717, 1.165) is 5.56 Å². The summed E-state index contributed by atoms with van der Waals surface area (Å²) < 4.78 is 15.1. The number of nitrogens with zero attached hydrogens (tertiary/aromatic N) is 2. The lowest BCUT2D eigenvalue weighted by molar-refractivity contribution is 0.0526. The van der Waals surface area contributed by atoms with Gasteiger partial charge in [0, 0.05) is 0 Å². The Labute approximate surface area is 133 Å². The molecule has 0 fully saturated rings. The summed E-state index contributed by atoms with van der Waals surface area (Å²) in [7, 11) is 2.92. The zero-order valence-corrected chi connectivity index (χ0v) is 13.2. The number of methoxy groups -OCH3 is 2. The van der Waals surface area contributed by atoms with Gasteiger partial charge in [-0.15, -0.1) is 0 Å². The van der Waals surface area contributed by atoms with Gasteiger partial charge >= 0.3 is 12.0 Å². The second kappa shape index (κ2) is 7.09. The molecule has 6 nitrogen and oxygen atoms in total. The van der Waals surface area contributed by atoms with E-state index in [1.165, 1.54) is 14.2 Å². The van der Waals surface area contributed by atoms with Crippen molar-refractivity contribution in [3.63, 3.8) is 0 Å². The normalized spacial score (nSPS) is 10.2. The summed E-state index contributed by atoms with van der Waals surface area (Å²) in [6, 6.07) is 6.87. The van der Waals surface area contributed by atoms with Crippen molar-refractivity contribution in [2.24, 2.45) is 0 Å². The van der Waals surface area contributed by atoms with Crippen molar-refractivity contribution in [1.82, 2.24) is 9.97 Å². The molecule has 0 aliphatic carbocycles. The fourth-order valence-electron chi connectivity index (χ4n) is 1.86. The standard InChI is InChI=1S/C15H15ClN2O4/c1-4-22-14(19)10-7-5-9(6-8-10)11-12(16)17-15(21-3)18-13(11)20-2/h5-8H,4H2,1-3H3. The molecule has 1 heterocycles. The van der Waals surface area contributed by atoms with Crippen LogP contribution in [0.3, 0.4) is 0 Å². The lowest BCUT2D eigenvalue weighted by Gasteiger charge is -2.11. The van der Waals surface area contributed by atoms with E-state index in [1.807, 2.05) is 0 Å². The van der Waals surface area contributed by atoms with Crippen LogP contribution in [0.15, 0.2) is 24.3 Å². The first-order valence-corrected chi connectivity index (χ1v) is 6.91. The summed E-state index contributed by atoms with van der Waals surface area (Å²) in [5, 5.41) is 0.201. The van der Waals surface area contributed by atoms with Crippen LogP contribution >= 0.6 is 11.6 Å². The average molecular weight is 323 g/mol. The fourth-order valence-corrected chi connectivity index (χ4v) is 2.13. The summed E-state index contributed by atoms with van der Waals surface area (Å²) in [5.74, 6) is -0.0844. The van der Waals surface area contributed by atoms with Gasteiger partial charge in [0.2, 0.25) is 5.88 Å². The van der Waals surface area contributed by atoms with Crippen molar-refractivity contribution in [1.29, 1.82) is 0 Å². The zero-order valence-electron chi connectivity index (χ0n) is 12.4. The van der Waals surface area contributed by atoms with E-state index in [1.54, 1.807) is 31.2 Å². The maximum absolute atomic E-state index is 11.7. The predicted octanol–water partition coefficient (Wildman–Crippen LogP) is 2.99. The number of rotatable bonds is 5.